The molecule has 1 saturated heterocycles. The molecule has 8 heteroatoms. The van der Waals surface area contributed by atoms with Crippen LogP contribution in [0.2, 0.25) is 0 Å². The van der Waals surface area contributed by atoms with Gasteiger partial charge in [0.05, 0.1) is 39.3 Å². The van der Waals surface area contributed by atoms with E-state index in [-0.39, 0.29) is 6.10 Å². The third-order valence-electron chi connectivity index (χ3n) is 4.30. The lowest BCUT2D eigenvalue weighted by atomic mass is 10.1. The Morgan fingerprint density at radius 3 is 2.93 bits per heavy atom. The van der Waals surface area contributed by atoms with Gasteiger partial charge in [-0.3, -0.25) is 4.79 Å². The fourth-order valence-corrected chi connectivity index (χ4v) is 2.90. The van der Waals surface area contributed by atoms with Crippen LogP contribution in [-0.2, 0) is 9.53 Å². The van der Waals surface area contributed by atoms with Crippen molar-refractivity contribution in [2.24, 2.45) is 0 Å². The van der Waals surface area contributed by atoms with Crippen LogP contribution in [0.15, 0.2) is 24.4 Å². The Morgan fingerprint density at radius 2 is 2.21 bits per heavy atom. The molecule has 28 heavy (non-hydrogen) atoms. The van der Waals surface area contributed by atoms with Gasteiger partial charge in [-0.15, -0.1) is 5.92 Å². The number of aromatic nitrogens is 2. The average molecular weight is 382 g/mol. The molecule has 0 radical (unpaired) electrons. The molecule has 1 aromatic carbocycles. The van der Waals surface area contributed by atoms with Crippen molar-refractivity contribution in [1.82, 2.24) is 14.9 Å². The molecule has 146 valence electrons. The molecule has 1 aliphatic rings. The summed E-state index contributed by atoms with van der Waals surface area (Å²) in [6, 6.07) is 5.68. The molecule has 2 aromatic rings. The molecule has 3 rings (SSSR count). The largest absolute Gasteiger partial charge is 0.495 e. The number of anilines is 2. The third kappa shape index (κ3) is 4.32. The van der Waals surface area contributed by atoms with Crippen molar-refractivity contribution >= 4 is 18.0 Å². The van der Waals surface area contributed by atoms with E-state index in [0.29, 0.717) is 48.5 Å². The van der Waals surface area contributed by atoms with Crippen LogP contribution in [0.5, 0.6) is 11.6 Å². The summed E-state index contributed by atoms with van der Waals surface area (Å²) in [6.07, 6.45) is 2.26. The van der Waals surface area contributed by atoms with Crippen LogP contribution in [0, 0.1) is 11.8 Å². The first kappa shape index (κ1) is 19.5. The van der Waals surface area contributed by atoms with Gasteiger partial charge in [0.2, 0.25) is 18.2 Å². The van der Waals surface area contributed by atoms with Crippen LogP contribution in [0.1, 0.15) is 24.2 Å². The van der Waals surface area contributed by atoms with Gasteiger partial charge in [-0.2, -0.15) is 4.98 Å². The van der Waals surface area contributed by atoms with E-state index in [4.69, 9.17) is 14.2 Å². The molecule has 1 unspecified atom stereocenters. The molecule has 0 saturated carbocycles. The summed E-state index contributed by atoms with van der Waals surface area (Å²) in [5.41, 5.74) is 2.25. The van der Waals surface area contributed by atoms with Crippen molar-refractivity contribution < 1.29 is 19.0 Å². The molecule has 1 amide bonds. The summed E-state index contributed by atoms with van der Waals surface area (Å²) in [6.45, 7) is 3.36. The van der Waals surface area contributed by atoms with Crippen molar-refractivity contribution in [3.05, 3.63) is 35.5 Å². The lowest BCUT2D eigenvalue weighted by Gasteiger charge is -2.30. The summed E-state index contributed by atoms with van der Waals surface area (Å²) in [5.74, 6) is 7.08. The van der Waals surface area contributed by atoms with E-state index in [9.17, 15) is 4.79 Å². The van der Waals surface area contributed by atoms with E-state index in [1.54, 1.807) is 25.1 Å². The Balaban J connectivity index is 1.82. The number of nitrogens with zero attached hydrogens (tertiary/aromatic N) is 3. The number of rotatable bonds is 6. The quantitative estimate of drug-likeness (QED) is 0.605. The van der Waals surface area contributed by atoms with E-state index in [2.05, 4.69) is 27.1 Å². The number of carbonyl (C=O) groups excluding carboxylic acids is 1. The number of nitrogens with one attached hydrogen (secondary N) is 1. The van der Waals surface area contributed by atoms with Crippen molar-refractivity contribution in [1.29, 1.82) is 0 Å². The zero-order valence-electron chi connectivity index (χ0n) is 16.1. The predicted octanol–water partition coefficient (Wildman–Crippen LogP) is 2.14. The zero-order chi connectivity index (χ0) is 19.9. The van der Waals surface area contributed by atoms with Crippen molar-refractivity contribution in [2.45, 2.75) is 13.0 Å². The maximum Gasteiger partial charge on any atom is 0.234 e. The number of methoxy groups -OCH3 is 2. The highest BCUT2D eigenvalue weighted by molar-refractivity contribution is 5.64. The van der Waals surface area contributed by atoms with Gasteiger partial charge in [0.15, 0.2) is 0 Å². The Morgan fingerprint density at radius 1 is 1.36 bits per heavy atom. The van der Waals surface area contributed by atoms with E-state index in [1.807, 2.05) is 18.2 Å². The van der Waals surface area contributed by atoms with Crippen LogP contribution in [0.3, 0.4) is 0 Å². The predicted molar refractivity (Wildman–Crippen MR) is 104 cm³/mol. The van der Waals surface area contributed by atoms with Gasteiger partial charge in [0.25, 0.3) is 0 Å². The lowest BCUT2D eigenvalue weighted by Crippen LogP contribution is -2.37. The van der Waals surface area contributed by atoms with E-state index < -0.39 is 0 Å². The van der Waals surface area contributed by atoms with Gasteiger partial charge in [0, 0.05) is 6.54 Å². The van der Waals surface area contributed by atoms with Crippen LogP contribution >= 0.6 is 0 Å². The fourth-order valence-electron chi connectivity index (χ4n) is 2.90. The molecule has 1 N–H and O–H groups in total. The highest BCUT2D eigenvalue weighted by Gasteiger charge is 2.22. The number of morpholine rings is 1. The van der Waals surface area contributed by atoms with Gasteiger partial charge in [-0.1, -0.05) is 12.0 Å². The smallest absolute Gasteiger partial charge is 0.234 e. The van der Waals surface area contributed by atoms with Gasteiger partial charge in [0.1, 0.15) is 17.4 Å². The average Bonchev–Trinajstić information content (AvgIpc) is 2.75. The Hall–Kier alpha value is -3.31. The fraction of sp³-hybridized carbons (Fsp3) is 0.350. The molecular weight excluding hydrogens is 360 g/mol. The Labute approximate surface area is 163 Å². The van der Waals surface area contributed by atoms with Gasteiger partial charge in [-0.05, 0) is 24.6 Å². The topological polar surface area (TPSA) is 85.8 Å². The molecule has 0 aliphatic carbocycles. The maximum absolute atomic E-state index is 11.0. The lowest BCUT2D eigenvalue weighted by molar-refractivity contribution is -0.125. The van der Waals surface area contributed by atoms with E-state index in [0.717, 1.165) is 12.0 Å². The number of amides is 1. The molecule has 1 aromatic heterocycles. The first-order valence-corrected chi connectivity index (χ1v) is 8.78. The van der Waals surface area contributed by atoms with Crippen molar-refractivity contribution in [2.75, 3.05) is 39.2 Å². The van der Waals surface area contributed by atoms with Crippen molar-refractivity contribution in [3.8, 4) is 23.5 Å². The normalized spacial score (nSPS) is 16.0. The summed E-state index contributed by atoms with van der Waals surface area (Å²) in [5, 5.41) is 3.13. The van der Waals surface area contributed by atoms with Gasteiger partial charge in [-0.25, -0.2) is 4.98 Å². The minimum Gasteiger partial charge on any atom is -0.495 e. The summed E-state index contributed by atoms with van der Waals surface area (Å²) >= 11 is 0. The summed E-state index contributed by atoms with van der Waals surface area (Å²) in [7, 11) is 3.13. The second-order valence-electron chi connectivity index (χ2n) is 6.04. The van der Waals surface area contributed by atoms with Crippen LogP contribution in [-0.4, -0.2) is 55.2 Å². The van der Waals surface area contributed by atoms with E-state index >= 15 is 0 Å². The Kier molecular flexibility index (Phi) is 6.29. The summed E-state index contributed by atoms with van der Waals surface area (Å²) < 4.78 is 16.6. The molecule has 2 heterocycles. The monoisotopic (exact) mass is 382 g/mol. The highest BCUT2D eigenvalue weighted by Crippen LogP contribution is 2.32. The molecule has 1 fully saturated rings. The van der Waals surface area contributed by atoms with Crippen LogP contribution in [0.25, 0.3) is 0 Å². The third-order valence-corrected chi connectivity index (χ3v) is 4.30. The number of carbonyl (C=O) groups is 1. The minimum atomic E-state index is -0.190. The Bertz CT molecular complexity index is 907. The van der Waals surface area contributed by atoms with Crippen LogP contribution < -0.4 is 14.8 Å². The molecule has 8 nitrogen and oxygen atoms in total. The van der Waals surface area contributed by atoms with Gasteiger partial charge >= 0.3 is 0 Å². The number of hydrogen-bond acceptors (Lipinski definition) is 7. The summed E-state index contributed by atoms with van der Waals surface area (Å²) in [4.78, 5) is 21.4. The van der Waals surface area contributed by atoms with Crippen LogP contribution in [0.4, 0.5) is 11.6 Å². The maximum atomic E-state index is 11.0. The standard InChI is InChI=1S/C20H22N4O4/c1-4-5-15-11-21-20(23-19(15)27-3)22-16-7-6-14(10-17(16)26-2)18-12-24(13-25)8-9-28-18/h6-7,10-11,13,18H,8-9,12H2,1-3H3,(H,21,22,23). The molecule has 0 spiro atoms. The number of ether oxygens (including phenoxy) is 3. The first-order valence-electron chi connectivity index (χ1n) is 8.78. The van der Waals surface area contributed by atoms with E-state index in [1.165, 1.54) is 7.11 Å². The molecule has 1 atom stereocenters. The second-order valence-corrected chi connectivity index (χ2v) is 6.04. The number of benzene rings is 1. The minimum absolute atomic E-state index is 0.190. The highest BCUT2D eigenvalue weighted by atomic mass is 16.5. The zero-order valence-corrected chi connectivity index (χ0v) is 16.1. The molecule has 1 aliphatic heterocycles. The number of hydrogen-bond donors (Lipinski definition) is 1. The van der Waals surface area contributed by atoms with Gasteiger partial charge < -0.3 is 24.4 Å². The van der Waals surface area contributed by atoms with Crippen molar-refractivity contribution in [3.63, 3.8) is 0 Å². The SMILES string of the molecule is CC#Cc1cnc(Nc2ccc(C3CN(C=O)CCO3)cc2OC)nc1OC. The second kappa shape index (κ2) is 9.06. The molecular formula is C20H22N4O4. The molecule has 0 bridgehead atoms. The first-order chi connectivity index (χ1) is 13.7.